The molecule has 0 amide bonds. The fourth-order valence-corrected chi connectivity index (χ4v) is 2.07. The summed E-state index contributed by atoms with van der Waals surface area (Å²) < 4.78 is 0. The standard InChI is InChI=1S/C8H12N2OS/c1-5-4-12-8(9-5)10-6-2-7(11)3-6/h4,6-7,11H,2-3H2,1H3,(H,9,10). The highest BCUT2D eigenvalue weighted by Crippen LogP contribution is 2.25. The van der Waals surface area contributed by atoms with Crippen LogP contribution in [0.4, 0.5) is 5.13 Å². The molecule has 2 N–H and O–H groups in total. The van der Waals surface area contributed by atoms with Crippen LogP contribution in [-0.2, 0) is 0 Å². The van der Waals surface area contributed by atoms with Crippen molar-refractivity contribution in [2.75, 3.05) is 5.32 Å². The maximum atomic E-state index is 9.04. The first kappa shape index (κ1) is 8.01. The lowest BCUT2D eigenvalue weighted by Crippen LogP contribution is -2.38. The van der Waals surface area contributed by atoms with Gasteiger partial charge in [-0.05, 0) is 19.8 Å². The zero-order valence-corrected chi connectivity index (χ0v) is 7.77. The highest BCUT2D eigenvalue weighted by molar-refractivity contribution is 7.13. The summed E-state index contributed by atoms with van der Waals surface area (Å²) in [6.45, 7) is 1.98. The summed E-state index contributed by atoms with van der Waals surface area (Å²) in [7, 11) is 0. The van der Waals surface area contributed by atoms with E-state index in [4.69, 9.17) is 5.11 Å². The Bertz CT molecular complexity index is 268. The number of hydrogen-bond acceptors (Lipinski definition) is 4. The topological polar surface area (TPSA) is 45.1 Å². The number of hydrogen-bond donors (Lipinski definition) is 2. The van der Waals surface area contributed by atoms with Crippen molar-refractivity contribution in [1.82, 2.24) is 4.98 Å². The van der Waals surface area contributed by atoms with Crippen LogP contribution in [0.15, 0.2) is 5.38 Å². The molecule has 0 unspecified atom stereocenters. The van der Waals surface area contributed by atoms with E-state index in [1.807, 2.05) is 12.3 Å². The normalized spacial score (nSPS) is 28.2. The van der Waals surface area contributed by atoms with Crippen LogP contribution < -0.4 is 5.32 Å². The first-order chi connectivity index (χ1) is 5.74. The Morgan fingerprint density at radius 2 is 2.42 bits per heavy atom. The smallest absolute Gasteiger partial charge is 0.183 e. The fourth-order valence-electron chi connectivity index (χ4n) is 1.30. The van der Waals surface area contributed by atoms with Crippen molar-refractivity contribution in [2.45, 2.75) is 31.9 Å². The van der Waals surface area contributed by atoms with Crippen LogP contribution in [0.2, 0.25) is 0 Å². The molecule has 1 fully saturated rings. The van der Waals surface area contributed by atoms with Gasteiger partial charge in [-0.25, -0.2) is 4.98 Å². The van der Waals surface area contributed by atoms with Crippen LogP contribution in [0.3, 0.4) is 0 Å². The van der Waals surface area contributed by atoms with Crippen LogP contribution in [0.25, 0.3) is 0 Å². The van der Waals surface area contributed by atoms with E-state index >= 15 is 0 Å². The average Bonchev–Trinajstić information content (AvgIpc) is 2.33. The number of aliphatic hydroxyl groups excluding tert-OH is 1. The molecule has 3 nitrogen and oxygen atoms in total. The second kappa shape index (κ2) is 3.03. The zero-order chi connectivity index (χ0) is 8.55. The van der Waals surface area contributed by atoms with Crippen LogP contribution in [0.5, 0.6) is 0 Å². The molecule has 0 atom stereocenters. The van der Waals surface area contributed by atoms with Gasteiger partial charge in [-0.1, -0.05) is 0 Å². The van der Waals surface area contributed by atoms with Crippen LogP contribution >= 0.6 is 11.3 Å². The van der Waals surface area contributed by atoms with Gasteiger partial charge in [0, 0.05) is 11.4 Å². The van der Waals surface area contributed by atoms with Gasteiger partial charge in [-0.15, -0.1) is 11.3 Å². The molecule has 0 radical (unpaired) electrons. The zero-order valence-electron chi connectivity index (χ0n) is 6.95. The summed E-state index contributed by atoms with van der Waals surface area (Å²) in [6, 6.07) is 0.436. The largest absolute Gasteiger partial charge is 0.393 e. The highest BCUT2D eigenvalue weighted by atomic mass is 32.1. The van der Waals surface area contributed by atoms with E-state index in [0.29, 0.717) is 6.04 Å². The molecule has 0 bridgehead atoms. The van der Waals surface area contributed by atoms with Crippen molar-refractivity contribution in [3.05, 3.63) is 11.1 Å². The Hall–Kier alpha value is -0.610. The molecular weight excluding hydrogens is 172 g/mol. The molecule has 1 aromatic rings. The summed E-state index contributed by atoms with van der Waals surface area (Å²) in [5, 5.41) is 15.3. The quantitative estimate of drug-likeness (QED) is 0.730. The Morgan fingerprint density at radius 3 is 2.92 bits per heavy atom. The van der Waals surface area contributed by atoms with Crippen LogP contribution in [-0.4, -0.2) is 22.2 Å². The van der Waals surface area contributed by atoms with Gasteiger partial charge in [-0.3, -0.25) is 0 Å². The third-order valence-electron chi connectivity index (χ3n) is 2.06. The lowest BCUT2D eigenvalue weighted by atomic mass is 9.90. The minimum Gasteiger partial charge on any atom is -0.393 e. The second-order valence-corrected chi connectivity index (χ2v) is 4.12. The number of rotatable bonds is 2. The van der Waals surface area contributed by atoms with Crippen molar-refractivity contribution in [3.8, 4) is 0 Å². The molecule has 0 aromatic carbocycles. The Balaban J connectivity index is 1.88. The predicted octanol–water partition coefficient (Wildman–Crippen LogP) is 1.39. The van der Waals surface area contributed by atoms with E-state index in [1.54, 1.807) is 11.3 Å². The van der Waals surface area contributed by atoms with E-state index in [0.717, 1.165) is 23.7 Å². The second-order valence-electron chi connectivity index (χ2n) is 3.26. The first-order valence-corrected chi connectivity index (χ1v) is 4.99. The lowest BCUT2D eigenvalue weighted by Gasteiger charge is -2.31. The number of nitrogens with zero attached hydrogens (tertiary/aromatic N) is 1. The van der Waals surface area contributed by atoms with Crippen LogP contribution in [0.1, 0.15) is 18.5 Å². The summed E-state index contributed by atoms with van der Waals surface area (Å²) in [6.07, 6.45) is 1.63. The third-order valence-corrected chi connectivity index (χ3v) is 2.95. The van der Waals surface area contributed by atoms with Crippen molar-refractivity contribution in [2.24, 2.45) is 0 Å². The van der Waals surface area contributed by atoms with E-state index in [1.165, 1.54) is 0 Å². The molecule has 1 aromatic heterocycles. The number of thiazole rings is 1. The van der Waals surface area contributed by atoms with Gasteiger partial charge in [0.25, 0.3) is 0 Å². The highest BCUT2D eigenvalue weighted by Gasteiger charge is 2.27. The molecule has 0 saturated heterocycles. The Kier molecular flexibility index (Phi) is 2.02. The minimum absolute atomic E-state index is 0.0939. The molecular formula is C8H12N2OS. The van der Waals surface area contributed by atoms with Gasteiger partial charge in [0.2, 0.25) is 0 Å². The van der Waals surface area contributed by atoms with Gasteiger partial charge in [0.15, 0.2) is 5.13 Å². The lowest BCUT2D eigenvalue weighted by molar-refractivity contribution is 0.0836. The maximum Gasteiger partial charge on any atom is 0.183 e. The van der Waals surface area contributed by atoms with E-state index in [-0.39, 0.29) is 6.10 Å². The molecule has 1 heterocycles. The summed E-state index contributed by atoms with van der Waals surface area (Å²) >= 11 is 1.62. The van der Waals surface area contributed by atoms with E-state index in [2.05, 4.69) is 10.3 Å². The molecule has 0 spiro atoms. The van der Waals surface area contributed by atoms with Crippen molar-refractivity contribution in [3.63, 3.8) is 0 Å². The minimum atomic E-state index is -0.0939. The van der Waals surface area contributed by atoms with Gasteiger partial charge in [0.1, 0.15) is 0 Å². The average molecular weight is 184 g/mol. The van der Waals surface area contributed by atoms with Crippen molar-refractivity contribution >= 4 is 16.5 Å². The summed E-state index contributed by atoms with van der Waals surface area (Å²) in [4.78, 5) is 4.28. The number of anilines is 1. The monoisotopic (exact) mass is 184 g/mol. The van der Waals surface area contributed by atoms with Crippen LogP contribution in [0, 0.1) is 6.92 Å². The Morgan fingerprint density at radius 1 is 1.67 bits per heavy atom. The van der Waals surface area contributed by atoms with Crippen molar-refractivity contribution in [1.29, 1.82) is 0 Å². The number of aromatic nitrogens is 1. The molecule has 2 rings (SSSR count). The van der Waals surface area contributed by atoms with Gasteiger partial charge < -0.3 is 10.4 Å². The molecule has 1 aliphatic carbocycles. The maximum absolute atomic E-state index is 9.04. The predicted molar refractivity (Wildman–Crippen MR) is 49.5 cm³/mol. The molecule has 66 valence electrons. The summed E-state index contributed by atoms with van der Waals surface area (Å²) in [5.41, 5.74) is 1.06. The number of aryl methyl sites for hydroxylation is 1. The molecule has 12 heavy (non-hydrogen) atoms. The fraction of sp³-hybridized carbons (Fsp3) is 0.625. The van der Waals surface area contributed by atoms with Gasteiger partial charge in [-0.2, -0.15) is 0 Å². The van der Waals surface area contributed by atoms with E-state index < -0.39 is 0 Å². The summed E-state index contributed by atoms with van der Waals surface area (Å²) in [5.74, 6) is 0. The molecule has 1 saturated carbocycles. The SMILES string of the molecule is Cc1csc(NC2CC(O)C2)n1. The first-order valence-electron chi connectivity index (χ1n) is 4.11. The molecule has 0 aliphatic heterocycles. The molecule has 1 aliphatic rings. The van der Waals surface area contributed by atoms with Crippen molar-refractivity contribution < 1.29 is 5.11 Å². The third kappa shape index (κ3) is 1.59. The van der Waals surface area contributed by atoms with Gasteiger partial charge >= 0.3 is 0 Å². The number of aliphatic hydroxyl groups is 1. The Labute approximate surface area is 75.5 Å². The van der Waals surface area contributed by atoms with E-state index in [9.17, 15) is 0 Å². The van der Waals surface area contributed by atoms with Gasteiger partial charge in [0.05, 0.1) is 11.8 Å². The number of nitrogens with one attached hydrogen (secondary N) is 1. The molecule has 4 heteroatoms.